The molecule has 0 atom stereocenters. The summed E-state index contributed by atoms with van der Waals surface area (Å²) >= 11 is 0. The number of hydrogen-bond donors (Lipinski definition) is 4. The van der Waals surface area contributed by atoms with E-state index in [-0.39, 0.29) is 22.6 Å². The summed E-state index contributed by atoms with van der Waals surface area (Å²) < 4.78 is 0. The lowest BCUT2D eigenvalue weighted by Gasteiger charge is -2.25. The topological polar surface area (TPSA) is 118 Å². The van der Waals surface area contributed by atoms with E-state index >= 15 is 0 Å². The van der Waals surface area contributed by atoms with E-state index in [1.165, 1.54) is 17.7 Å². The Morgan fingerprint density at radius 1 is 0.718 bits per heavy atom. The highest BCUT2D eigenvalue weighted by Crippen LogP contribution is 2.39. The smallest absolute Gasteiger partial charge is 0.339 e. The molecule has 4 aromatic rings. The van der Waals surface area contributed by atoms with Crippen LogP contribution in [0.3, 0.4) is 0 Å². The second kappa shape index (κ2) is 11.3. The molecule has 0 amide bonds. The summed E-state index contributed by atoms with van der Waals surface area (Å²) in [5.74, 6) is -3.71. The Hall–Kier alpha value is -4.78. The Morgan fingerprint density at radius 3 is 1.64 bits per heavy atom. The fraction of sp³-hybridized carbons (Fsp3) is 0.188. The molecule has 0 aliphatic heterocycles. The van der Waals surface area contributed by atoms with E-state index in [0.29, 0.717) is 22.3 Å². The molecule has 7 heteroatoms. The first-order valence-electron chi connectivity index (χ1n) is 12.6. The van der Waals surface area contributed by atoms with Crippen molar-refractivity contribution in [3.63, 3.8) is 0 Å². The number of carboxylic acid groups (broad SMARTS) is 2. The lowest BCUT2D eigenvalue weighted by Crippen LogP contribution is -2.22. The van der Waals surface area contributed by atoms with E-state index in [9.17, 15) is 30.0 Å². The zero-order valence-electron chi connectivity index (χ0n) is 22.0. The van der Waals surface area contributed by atoms with Gasteiger partial charge in [-0.15, -0.1) is 0 Å². The first kappa shape index (κ1) is 27.3. The fourth-order valence-electron chi connectivity index (χ4n) is 4.92. The summed E-state index contributed by atoms with van der Waals surface area (Å²) in [6, 6.07) is 24.3. The number of carbonyl (C=O) groups is 2. The monoisotopic (exact) mass is 525 g/mol. The van der Waals surface area contributed by atoms with E-state index in [2.05, 4.69) is 24.0 Å². The largest absolute Gasteiger partial charge is 0.507 e. The second-order valence-electron chi connectivity index (χ2n) is 9.60. The molecule has 7 nitrogen and oxygen atoms in total. The van der Waals surface area contributed by atoms with Crippen molar-refractivity contribution in [2.75, 3.05) is 11.4 Å². The first-order chi connectivity index (χ1) is 18.6. The van der Waals surface area contributed by atoms with E-state index in [1.807, 2.05) is 42.5 Å². The van der Waals surface area contributed by atoms with Crippen molar-refractivity contribution in [3.05, 3.63) is 123 Å². The molecule has 4 rings (SSSR count). The Morgan fingerprint density at radius 2 is 1.21 bits per heavy atom. The van der Waals surface area contributed by atoms with Crippen LogP contribution in [0.1, 0.15) is 66.9 Å². The van der Waals surface area contributed by atoms with Crippen molar-refractivity contribution in [1.82, 2.24) is 0 Å². The van der Waals surface area contributed by atoms with Gasteiger partial charge in [-0.1, -0.05) is 54.6 Å². The van der Waals surface area contributed by atoms with Crippen molar-refractivity contribution in [2.45, 2.75) is 33.2 Å². The zero-order chi connectivity index (χ0) is 28.3. The lowest BCUT2D eigenvalue weighted by atomic mass is 9.82. The van der Waals surface area contributed by atoms with Crippen molar-refractivity contribution >= 4 is 17.6 Å². The third kappa shape index (κ3) is 5.72. The molecule has 0 fully saturated rings. The molecule has 0 spiro atoms. The summed E-state index contributed by atoms with van der Waals surface area (Å²) in [6.45, 7) is 6.85. The minimum atomic E-state index is -1.26. The normalized spacial score (nSPS) is 11.0. The summed E-state index contributed by atoms with van der Waals surface area (Å²) in [7, 11) is 0. The van der Waals surface area contributed by atoms with Gasteiger partial charge in [0.05, 0.1) is 0 Å². The van der Waals surface area contributed by atoms with Crippen LogP contribution < -0.4 is 4.90 Å². The molecule has 0 heterocycles. The summed E-state index contributed by atoms with van der Waals surface area (Å²) in [5, 5.41) is 40.1. The van der Waals surface area contributed by atoms with Crippen LogP contribution in [0.15, 0.2) is 78.9 Å². The van der Waals surface area contributed by atoms with Crippen molar-refractivity contribution in [3.8, 4) is 11.5 Å². The average molecular weight is 526 g/mol. The van der Waals surface area contributed by atoms with Gasteiger partial charge < -0.3 is 25.3 Å². The first-order valence-corrected chi connectivity index (χ1v) is 12.6. The van der Waals surface area contributed by atoms with Crippen LogP contribution in [-0.2, 0) is 6.54 Å². The number of phenols is 2. The number of anilines is 1. The molecule has 4 aromatic carbocycles. The van der Waals surface area contributed by atoms with Crippen LogP contribution in [0.2, 0.25) is 0 Å². The summed E-state index contributed by atoms with van der Waals surface area (Å²) in [6.07, 6.45) is 0. The number of aromatic hydroxyl groups is 2. The number of rotatable bonds is 9. The molecular formula is C32H31NO6. The highest BCUT2D eigenvalue weighted by atomic mass is 16.4. The molecule has 0 aliphatic rings. The van der Waals surface area contributed by atoms with E-state index in [4.69, 9.17) is 0 Å². The Labute approximate surface area is 227 Å². The number of nitrogens with zero attached hydrogens (tertiary/aromatic N) is 1. The van der Waals surface area contributed by atoms with Crippen LogP contribution in [0, 0.1) is 13.8 Å². The average Bonchev–Trinajstić information content (AvgIpc) is 2.92. The van der Waals surface area contributed by atoms with Crippen molar-refractivity contribution < 1.29 is 30.0 Å². The molecule has 200 valence electrons. The molecule has 0 unspecified atom stereocenters. The second-order valence-corrected chi connectivity index (χ2v) is 9.60. The summed E-state index contributed by atoms with van der Waals surface area (Å²) in [4.78, 5) is 26.0. The fourth-order valence-corrected chi connectivity index (χ4v) is 4.92. The SMILES string of the molecule is CCN(Cc1ccccc1)c1ccc(C(c2cc(C)c(O)c(C(=O)O)c2)c2cc(C)c(O)c(C(=O)O)c2)cc1. The summed E-state index contributed by atoms with van der Waals surface area (Å²) in [5.41, 5.74) is 4.45. The molecule has 0 aliphatic carbocycles. The minimum Gasteiger partial charge on any atom is -0.507 e. The molecule has 0 bridgehead atoms. The van der Waals surface area contributed by atoms with Crippen molar-refractivity contribution in [2.24, 2.45) is 0 Å². The van der Waals surface area contributed by atoms with E-state index in [0.717, 1.165) is 24.3 Å². The van der Waals surface area contributed by atoms with Gasteiger partial charge in [0.25, 0.3) is 0 Å². The number of aromatic carboxylic acids is 2. The van der Waals surface area contributed by atoms with E-state index < -0.39 is 17.9 Å². The van der Waals surface area contributed by atoms with Gasteiger partial charge in [0, 0.05) is 24.7 Å². The van der Waals surface area contributed by atoms with Gasteiger partial charge >= 0.3 is 11.9 Å². The molecule has 0 saturated carbocycles. The van der Waals surface area contributed by atoms with Crippen LogP contribution in [0.25, 0.3) is 0 Å². The van der Waals surface area contributed by atoms with Crippen LogP contribution in [0.5, 0.6) is 11.5 Å². The Bertz CT molecular complexity index is 1440. The van der Waals surface area contributed by atoms with Gasteiger partial charge in [-0.2, -0.15) is 0 Å². The molecule has 0 radical (unpaired) electrons. The highest BCUT2D eigenvalue weighted by Gasteiger charge is 2.25. The van der Waals surface area contributed by atoms with Gasteiger partial charge in [0.1, 0.15) is 22.6 Å². The number of aryl methyl sites for hydroxylation is 2. The minimum absolute atomic E-state index is 0.236. The molecule has 4 N–H and O–H groups in total. The number of carboxylic acids is 2. The maximum absolute atomic E-state index is 11.9. The highest BCUT2D eigenvalue weighted by molar-refractivity contribution is 5.92. The number of benzene rings is 4. The van der Waals surface area contributed by atoms with Crippen LogP contribution in [-0.4, -0.2) is 38.9 Å². The van der Waals surface area contributed by atoms with Crippen LogP contribution >= 0.6 is 0 Å². The van der Waals surface area contributed by atoms with Gasteiger partial charge in [-0.25, -0.2) is 9.59 Å². The standard InChI is InChI=1S/C32H31NO6/c1-4-33(18-21-8-6-5-7-9-21)25-12-10-22(11-13-25)28(23-14-19(2)29(34)26(16-23)31(36)37)24-15-20(3)30(35)27(17-24)32(38)39/h5-17,28,34-35H,4,18H2,1-3H3,(H,36,37)(H,38,39). The number of hydrogen-bond acceptors (Lipinski definition) is 5. The quantitative estimate of drug-likeness (QED) is 0.189. The third-order valence-electron chi connectivity index (χ3n) is 6.96. The predicted octanol–water partition coefficient (Wildman–Crippen LogP) is 6.32. The Kier molecular flexibility index (Phi) is 7.91. The molecule has 0 saturated heterocycles. The van der Waals surface area contributed by atoms with Crippen LogP contribution in [0.4, 0.5) is 5.69 Å². The maximum Gasteiger partial charge on any atom is 0.339 e. The third-order valence-corrected chi connectivity index (χ3v) is 6.96. The molecule has 0 aromatic heterocycles. The van der Waals surface area contributed by atoms with Gasteiger partial charge in [0.2, 0.25) is 0 Å². The maximum atomic E-state index is 11.9. The molecular weight excluding hydrogens is 494 g/mol. The predicted molar refractivity (Wildman–Crippen MR) is 150 cm³/mol. The molecule has 39 heavy (non-hydrogen) atoms. The zero-order valence-corrected chi connectivity index (χ0v) is 22.0. The Balaban J connectivity index is 1.85. The van der Waals surface area contributed by atoms with Gasteiger partial charge in [-0.3, -0.25) is 0 Å². The van der Waals surface area contributed by atoms with Gasteiger partial charge in [0.15, 0.2) is 0 Å². The lowest BCUT2D eigenvalue weighted by molar-refractivity contribution is 0.0682. The van der Waals surface area contributed by atoms with Crippen molar-refractivity contribution in [1.29, 1.82) is 0 Å². The van der Waals surface area contributed by atoms with E-state index in [1.54, 1.807) is 26.0 Å². The van der Waals surface area contributed by atoms with Gasteiger partial charge in [-0.05, 0) is 78.4 Å².